The van der Waals surface area contributed by atoms with Crippen molar-refractivity contribution < 1.29 is 4.79 Å². The van der Waals surface area contributed by atoms with Crippen molar-refractivity contribution in [2.24, 2.45) is 5.92 Å². The molecule has 25 heavy (non-hydrogen) atoms. The average molecular weight is 340 g/mol. The number of hydrogen-bond donors (Lipinski definition) is 0. The van der Waals surface area contributed by atoms with E-state index in [0.29, 0.717) is 6.54 Å². The number of piperidine rings is 1. The van der Waals surface area contributed by atoms with Crippen molar-refractivity contribution in [1.82, 2.24) is 14.9 Å². The molecule has 1 aromatic carbocycles. The molecule has 1 fully saturated rings. The fourth-order valence-corrected chi connectivity index (χ4v) is 3.43. The Morgan fingerprint density at radius 2 is 2.04 bits per heavy atom. The summed E-state index contributed by atoms with van der Waals surface area (Å²) in [6.07, 6.45) is 1.94. The molecule has 0 saturated carbocycles. The van der Waals surface area contributed by atoms with E-state index in [1.165, 1.54) is 5.56 Å². The number of fused-ring (bicyclic) bond motifs is 1. The zero-order chi connectivity index (χ0) is 18.1. The van der Waals surface area contributed by atoms with E-state index in [1.54, 1.807) is 0 Å². The topological polar surface area (TPSA) is 49.3 Å². The second-order valence-corrected chi connectivity index (χ2v) is 7.46. The van der Waals surface area contributed by atoms with Crippen molar-refractivity contribution >= 4 is 22.8 Å². The first-order valence-electron chi connectivity index (χ1n) is 9.13. The Bertz CT molecular complexity index is 787. The van der Waals surface area contributed by atoms with Gasteiger partial charge in [0.15, 0.2) is 0 Å². The van der Waals surface area contributed by atoms with E-state index >= 15 is 0 Å². The van der Waals surface area contributed by atoms with Gasteiger partial charge in [-0.05, 0) is 52.2 Å². The molecule has 0 aliphatic carbocycles. The summed E-state index contributed by atoms with van der Waals surface area (Å²) in [6, 6.07) is 6.51. The Labute approximate surface area is 150 Å². The van der Waals surface area contributed by atoms with Crippen molar-refractivity contribution in [3.63, 3.8) is 0 Å². The summed E-state index contributed by atoms with van der Waals surface area (Å²) in [5, 5.41) is 1.10. The fourth-order valence-electron chi connectivity index (χ4n) is 3.43. The Balaban J connectivity index is 1.86. The minimum Gasteiger partial charge on any atom is -0.343 e. The van der Waals surface area contributed by atoms with Gasteiger partial charge in [0.25, 0.3) is 0 Å². The maximum atomic E-state index is 12.7. The molecule has 1 aliphatic rings. The number of hydrogen-bond acceptors (Lipinski definition) is 4. The van der Waals surface area contributed by atoms with Gasteiger partial charge in [-0.15, -0.1) is 0 Å². The maximum Gasteiger partial charge on any atom is 0.227 e. The Hall–Kier alpha value is -2.17. The summed E-state index contributed by atoms with van der Waals surface area (Å²) >= 11 is 0. The lowest BCUT2D eigenvalue weighted by molar-refractivity contribution is -0.135. The number of aryl methyl sites for hydroxylation is 2. The Kier molecular flexibility index (Phi) is 4.93. The van der Waals surface area contributed by atoms with Crippen LogP contribution in [0.15, 0.2) is 18.2 Å². The first-order valence-corrected chi connectivity index (χ1v) is 9.13. The number of rotatable bonds is 3. The summed E-state index contributed by atoms with van der Waals surface area (Å²) in [5.41, 5.74) is 3.17. The third-order valence-corrected chi connectivity index (χ3v) is 5.21. The fraction of sp³-hybridized carbons (Fsp3) is 0.550. The molecule has 0 radical (unpaired) electrons. The summed E-state index contributed by atoms with van der Waals surface area (Å²) < 4.78 is 0. The molecule has 0 spiro atoms. The van der Waals surface area contributed by atoms with Gasteiger partial charge in [-0.25, -0.2) is 9.97 Å². The smallest absolute Gasteiger partial charge is 0.227 e. The third-order valence-electron chi connectivity index (χ3n) is 5.21. The summed E-state index contributed by atoms with van der Waals surface area (Å²) in [7, 11) is 1.89. The molecule has 1 aromatic heterocycles. The highest BCUT2D eigenvalue weighted by Gasteiger charge is 2.30. The van der Waals surface area contributed by atoms with Crippen molar-refractivity contribution in [1.29, 1.82) is 0 Å². The normalized spacial score (nSPS) is 18.0. The highest BCUT2D eigenvalue weighted by Crippen LogP contribution is 2.25. The molecule has 134 valence electrons. The molecular weight excluding hydrogens is 312 g/mol. The molecule has 0 bridgehead atoms. The summed E-state index contributed by atoms with van der Waals surface area (Å²) in [6.45, 7) is 9.82. The number of nitrogens with zero attached hydrogens (tertiary/aromatic N) is 4. The first-order chi connectivity index (χ1) is 11.9. The van der Waals surface area contributed by atoms with Crippen LogP contribution in [0.2, 0.25) is 0 Å². The van der Waals surface area contributed by atoms with Crippen LogP contribution < -0.4 is 4.90 Å². The third kappa shape index (κ3) is 3.60. The van der Waals surface area contributed by atoms with Gasteiger partial charge in [-0.3, -0.25) is 4.79 Å². The number of aromatic nitrogens is 2. The van der Waals surface area contributed by atoms with Gasteiger partial charge in [0.2, 0.25) is 11.9 Å². The molecule has 5 heteroatoms. The number of carbonyl (C=O) groups excluding carboxylic acids is 1. The van der Waals surface area contributed by atoms with Gasteiger partial charge in [-0.1, -0.05) is 12.1 Å². The van der Waals surface area contributed by atoms with Gasteiger partial charge in [0.1, 0.15) is 0 Å². The van der Waals surface area contributed by atoms with Crippen molar-refractivity contribution in [2.45, 2.75) is 46.6 Å². The molecule has 1 aliphatic heterocycles. The highest BCUT2D eigenvalue weighted by molar-refractivity contribution is 5.83. The van der Waals surface area contributed by atoms with E-state index in [-0.39, 0.29) is 17.9 Å². The maximum absolute atomic E-state index is 12.7. The van der Waals surface area contributed by atoms with Crippen LogP contribution in [0.5, 0.6) is 0 Å². The van der Waals surface area contributed by atoms with Crippen LogP contribution in [-0.4, -0.2) is 47.0 Å². The molecule has 5 nitrogen and oxygen atoms in total. The van der Waals surface area contributed by atoms with Crippen molar-refractivity contribution in [3.8, 4) is 0 Å². The summed E-state index contributed by atoms with van der Waals surface area (Å²) in [4.78, 5) is 26.2. The number of anilines is 1. The van der Waals surface area contributed by atoms with Crippen LogP contribution in [0.1, 0.15) is 37.9 Å². The second kappa shape index (κ2) is 6.98. The molecule has 1 amide bonds. The van der Waals surface area contributed by atoms with Gasteiger partial charge in [0.05, 0.1) is 17.1 Å². The minimum atomic E-state index is 0.0262. The standard InChI is InChI=1S/C20H28N4O/c1-13(2)23(5)19(25)16-7-6-10-24(12-16)20-21-15(4)17-9-8-14(3)11-18(17)22-20/h8-9,11,13,16H,6-7,10,12H2,1-5H3/t16-/m0/s1. The van der Waals surface area contributed by atoms with Gasteiger partial charge < -0.3 is 9.80 Å². The zero-order valence-corrected chi connectivity index (χ0v) is 15.9. The van der Waals surface area contributed by atoms with E-state index in [9.17, 15) is 4.79 Å². The SMILES string of the molecule is Cc1ccc2c(C)nc(N3CCC[C@H](C(=O)N(C)C(C)C)C3)nc2c1. The van der Waals surface area contributed by atoms with Crippen LogP contribution in [0.4, 0.5) is 5.95 Å². The monoisotopic (exact) mass is 340 g/mol. The van der Waals surface area contributed by atoms with Crippen LogP contribution in [0.25, 0.3) is 10.9 Å². The Morgan fingerprint density at radius 3 is 2.76 bits per heavy atom. The number of amides is 1. The van der Waals surface area contributed by atoms with Crippen molar-refractivity contribution in [2.75, 3.05) is 25.0 Å². The predicted molar refractivity (Wildman–Crippen MR) is 102 cm³/mol. The van der Waals surface area contributed by atoms with Crippen LogP contribution in [-0.2, 0) is 4.79 Å². The largest absolute Gasteiger partial charge is 0.343 e. The van der Waals surface area contributed by atoms with Crippen LogP contribution >= 0.6 is 0 Å². The number of carbonyl (C=O) groups is 1. The van der Waals surface area contributed by atoms with E-state index in [1.807, 2.05) is 18.9 Å². The van der Waals surface area contributed by atoms with E-state index in [0.717, 1.165) is 41.9 Å². The second-order valence-electron chi connectivity index (χ2n) is 7.46. The van der Waals surface area contributed by atoms with E-state index < -0.39 is 0 Å². The van der Waals surface area contributed by atoms with E-state index in [2.05, 4.69) is 43.9 Å². The van der Waals surface area contributed by atoms with Gasteiger partial charge >= 0.3 is 0 Å². The Morgan fingerprint density at radius 1 is 1.28 bits per heavy atom. The van der Waals surface area contributed by atoms with Gasteiger partial charge in [-0.2, -0.15) is 0 Å². The molecule has 1 saturated heterocycles. The molecule has 0 N–H and O–H groups in total. The lowest BCUT2D eigenvalue weighted by atomic mass is 9.96. The molecule has 2 aromatic rings. The van der Waals surface area contributed by atoms with E-state index in [4.69, 9.17) is 9.97 Å². The molecule has 3 rings (SSSR count). The summed E-state index contributed by atoms with van der Waals surface area (Å²) in [5.74, 6) is 1.01. The highest BCUT2D eigenvalue weighted by atomic mass is 16.2. The molecule has 1 atom stereocenters. The molecular formula is C20H28N4O. The number of benzene rings is 1. The van der Waals surface area contributed by atoms with Crippen LogP contribution in [0, 0.1) is 19.8 Å². The van der Waals surface area contributed by atoms with Crippen molar-refractivity contribution in [3.05, 3.63) is 29.5 Å². The minimum absolute atomic E-state index is 0.0262. The zero-order valence-electron chi connectivity index (χ0n) is 15.9. The lowest BCUT2D eigenvalue weighted by Crippen LogP contribution is -2.46. The van der Waals surface area contributed by atoms with Gasteiger partial charge in [0, 0.05) is 31.6 Å². The first kappa shape index (κ1) is 17.6. The quantitative estimate of drug-likeness (QED) is 0.860. The van der Waals surface area contributed by atoms with Crippen LogP contribution in [0.3, 0.4) is 0 Å². The predicted octanol–water partition coefficient (Wildman–Crippen LogP) is 3.33. The molecule has 0 unspecified atom stereocenters. The molecule has 2 heterocycles. The lowest BCUT2D eigenvalue weighted by Gasteiger charge is -2.35. The average Bonchev–Trinajstić information content (AvgIpc) is 2.60.